The lowest BCUT2D eigenvalue weighted by Crippen LogP contribution is -2.25. The Hall–Kier alpha value is -1.19. The summed E-state index contributed by atoms with van der Waals surface area (Å²) in [4.78, 5) is 0. The summed E-state index contributed by atoms with van der Waals surface area (Å²) in [5, 5.41) is 12.5. The molecule has 19 heavy (non-hydrogen) atoms. The molecule has 0 amide bonds. The van der Waals surface area contributed by atoms with E-state index in [4.69, 9.17) is 5.11 Å². The molecule has 1 aromatic carbocycles. The number of fused-ring (bicyclic) bond motifs is 2. The van der Waals surface area contributed by atoms with Gasteiger partial charge in [0.1, 0.15) is 5.82 Å². The van der Waals surface area contributed by atoms with Crippen LogP contribution in [0.1, 0.15) is 24.0 Å². The zero-order chi connectivity index (χ0) is 13.2. The maximum atomic E-state index is 13.3. The van der Waals surface area contributed by atoms with Crippen molar-refractivity contribution in [3.05, 3.63) is 47.3 Å². The molecule has 0 aliphatic heterocycles. The molecule has 0 radical (unpaired) electrons. The Morgan fingerprint density at radius 1 is 1.26 bits per heavy atom. The normalized spacial score (nSPS) is 28.2. The van der Waals surface area contributed by atoms with Crippen LogP contribution in [0.2, 0.25) is 0 Å². The summed E-state index contributed by atoms with van der Waals surface area (Å²) in [7, 11) is 0. The van der Waals surface area contributed by atoms with Crippen molar-refractivity contribution in [3.63, 3.8) is 0 Å². The van der Waals surface area contributed by atoms with Crippen LogP contribution in [0.4, 0.5) is 4.39 Å². The Balaban J connectivity index is 1.51. The molecule has 1 aromatic rings. The van der Waals surface area contributed by atoms with E-state index in [2.05, 4.69) is 17.5 Å². The molecule has 3 heteroatoms. The predicted molar refractivity (Wildman–Crippen MR) is 72.9 cm³/mol. The molecule has 0 aromatic heterocycles. The van der Waals surface area contributed by atoms with Crippen molar-refractivity contribution >= 4 is 0 Å². The van der Waals surface area contributed by atoms with E-state index in [-0.39, 0.29) is 12.4 Å². The number of nitrogens with one attached hydrogen (secondary N) is 1. The number of hydrogen-bond acceptors (Lipinski definition) is 2. The van der Waals surface area contributed by atoms with Crippen LogP contribution in [-0.2, 0) is 13.2 Å². The lowest BCUT2D eigenvalue weighted by atomic mass is 9.93. The molecule has 102 valence electrons. The first kappa shape index (κ1) is 12.8. The molecule has 1 fully saturated rings. The van der Waals surface area contributed by atoms with Crippen LogP contribution < -0.4 is 5.32 Å². The molecule has 2 N–H and O–H groups in total. The third-order valence-electron chi connectivity index (χ3n) is 4.43. The zero-order valence-electron chi connectivity index (χ0n) is 11.0. The minimum absolute atomic E-state index is 0.239. The van der Waals surface area contributed by atoms with E-state index in [1.54, 1.807) is 12.1 Å². The van der Waals surface area contributed by atoms with Gasteiger partial charge in [-0.15, -0.1) is 0 Å². The Bertz CT molecular complexity index is 486. The summed E-state index contributed by atoms with van der Waals surface area (Å²) in [6.45, 7) is 1.53. The topological polar surface area (TPSA) is 32.3 Å². The van der Waals surface area contributed by atoms with Crippen LogP contribution >= 0.6 is 0 Å². The van der Waals surface area contributed by atoms with Gasteiger partial charge in [0.25, 0.3) is 0 Å². The molecule has 3 atom stereocenters. The highest BCUT2D eigenvalue weighted by atomic mass is 19.1. The average Bonchev–Trinajstić information content (AvgIpc) is 3.03. The van der Waals surface area contributed by atoms with Crippen LogP contribution in [0.3, 0.4) is 0 Å². The zero-order valence-corrected chi connectivity index (χ0v) is 11.0. The molecule has 2 nitrogen and oxygen atoms in total. The van der Waals surface area contributed by atoms with Crippen molar-refractivity contribution in [1.29, 1.82) is 0 Å². The van der Waals surface area contributed by atoms with Crippen LogP contribution in [-0.4, -0.2) is 11.7 Å². The summed E-state index contributed by atoms with van der Waals surface area (Å²) in [5.41, 5.74) is 1.41. The Morgan fingerprint density at radius 3 is 2.84 bits per heavy atom. The van der Waals surface area contributed by atoms with Gasteiger partial charge in [-0.3, -0.25) is 0 Å². The number of benzene rings is 1. The quantitative estimate of drug-likeness (QED) is 0.799. The van der Waals surface area contributed by atoms with Gasteiger partial charge >= 0.3 is 0 Å². The molecule has 2 aliphatic rings. The first-order valence-corrected chi connectivity index (χ1v) is 7.03. The molecule has 0 saturated heterocycles. The van der Waals surface area contributed by atoms with Gasteiger partial charge in [0.15, 0.2) is 0 Å². The summed E-state index contributed by atoms with van der Waals surface area (Å²) >= 11 is 0. The number of rotatable bonds is 5. The predicted octanol–water partition coefficient (Wildman–Crippen LogP) is 2.62. The first-order chi connectivity index (χ1) is 9.26. The largest absolute Gasteiger partial charge is 0.392 e. The molecular weight excluding hydrogens is 241 g/mol. The second kappa shape index (κ2) is 5.43. The number of hydrogen-bond donors (Lipinski definition) is 2. The van der Waals surface area contributed by atoms with Gasteiger partial charge in [-0.1, -0.05) is 18.2 Å². The molecule has 2 bridgehead atoms. The third kappa shape index (κ3) is 2.72. The summed E-state index contributed by atoms with van der Waals surface area (Å²) in [6.07, 6.45) is 7.36. The fourth-order valence-electron chi connectivity index (χ4n) is 3.39. The fraction of sp³-hybridized carbons (Fsp3) is 0.500. The summed E-state index contributed by atoms with van der Waals surface area (Å²) in [6, 6.07) is 4.95. The fourth-order valence-corrected chi connectivity index (χ4v) is 3.39. The van der Waals surface area contributed by atoms with E-state index in [1.807, 2.05) is 0 Å². The highest BCUT2D eigenvalue weighted by molar-refractivity contribution is 5.24. The molecule has 3 unspecified atom stereocenters. The first-order valence-electron chi connectivity index (χ1n) is 7.03. The van der Waals surface area contributed by atoms with E-state index >= 15 is 0 Å². The average molecular weight is 261 g/mol. The van der Waals surface area contributed by atoms with Crippen molar-refractivity contribution in [2.45, 2.75) is 26.0 Å². The smallest absolute Gasteiger partial charge is 0.128 e. The third-order valence-corrected chi connectivity index (χ3v) is 4.43. The minimum Gasteiger partial charge on any atom is -0.392 e. The van der Waals surface area contributed by atoms with Gasteiger partial charge in [0.05, 0.1) is 6.61 Å². The Kier molecular flexibility index (Phi) is 3.67. The van der Waals surface area contributed by atoms with Crippen molar-refractivity contribution in [3.8, 4) is 0 Å². The van der Waals surface area contributed by atoms with Gasteiger partial charge < -0.3 is 10.4 Å². The Labute approximate surface area is 113 Å². The van der Waals surface area contributed by atoms with E-state index in [0.717, 1.165) is 36.4 Å². The maximum Gasteiger partial charge on any atom is 0.128 e. The van der Waals surface area contributed by atoms with Crippen LogP contribution in [0, 0.1) is 23.6 Å². The summed E-state index contributed by atoms with van der Waals surface area (Å²) < 4.78 is 13.3. The maximum absolute atomic E-state index is 13.3. The number of halogens is 1. The van der Waals surface area contributed by atoms with Crippen molar-refractivity contribution in [1.82, 2.24) is 5.32 Å². The highest BCUT2D eigenvalue weighted by Gasteiger charge is 2.34. The molecule has 0 heterocycles. The lowest BCUT2D eigenvalue weighted by Gasteiger charge is -2.18. The van der Waals surface area contributed by atoms with Crippen LogP contribution in [0.15, 0.2) is 30.4 Å². The second-order valence-electron chi connectivity index (χ2n) is 5.76. The van der Waals surface area contributed by atoms with Crippen LogP contribution in [0.25, 0.3) is 0 Å². The van der Waals surface area contributed by atoms with E-state index in [9.17, 15) is 4.39 Å². The molecular formula is C16H20FNO. The Morgan fingerprint density at radius 2 is 2.16 bits per heavy atom. The van der Waals surface area contributed by atoms with E-state index in [1.165, 1.54) is 18.9 Å². The molecule has 1 saturated carbocycles. The minimum atomic E-state index is -0.329. The van der Waals surface area contributed by atoms with Crippen LogP contribution in [0.5, 0.6) is 0 Å². The second-order valence-corrected chi connectivity index (χ2v) is 5.76. The van der Waals surface area contributed by atoms with Crippen molar-refractivity contribution in [2.75, 3.05) is 6.54 Å². The van der Waals surface area contributed by atoms with Gasteiger partial charge in [0.2, 0.25) is 0 Å². The van der Waals surface area contributed by atoms with E-state index < -0.39 is 0 Å². The molecule has 2 aliphatic carbocycles. The van der Waals surface area contributed by atoms with Gasteiger partial charge in [-0.25, -0.2) is 4.39 Å². The monoisotopic (exact) mass is 261 g/mol. The number of aliphatic hydroxyl groups excluding tert-OH is 1. The standard InChI is InChI=1S/C16H20FNO/c17-16-4-2-12(7-15(16)10-19)8-18-9-14-6-11-1-3-13(14)5-11/h1-4,7,11,13-14,18-19H,5-6,8-10H2. The van der Waals surface area contributed by atoms with E-state index in [0.29, 0.717) is 5.56 Å². The van der Waals surface area contributed by atoms with Crippen molar-refractivity contribution < 1.29 is 9.50 Å². The summed E-state index contributed by atoms with van der Waals surface area (Å²) in [5.74, 6) is 2.00. The SMILES string of the molecule is OCc1cc(CNCC2CC3C=CC2C3)ccc1F. The molecule has 0 spiro atoms. The highest BCUT2D eigenvalue weighted by Crippen LogP contribution is 2.42. The van der Waals surface area contributed by atoms with Crippen molar-refractivity contribution in [2.24, 2.45) is 17.8 Å². The van der Waals surface area contributed by atoms with Gasteiger partial charge in [-0.05, 0) is 54.8 Å². The van der Waals surface area contributed by atoms with Gasteiger partial charge in [-0.2, -0.15) is 0 Å². The number of allylic oxidation sites excluding steroid dienone is 2. The van der Waals surface area contributed by atoms with Gasteiger partial charge in [0, 0.05) is 12.1 Å². The lowest BCUT2D eigenvalue weighted by molar-refractivity contribution is 0.275. The number of aliphatic hydroxyl groups is 1. The molecule has 3 rings (SSSR count).